The van der Waals surface area contributed by atoms with Crippen LogP contribution >= 0.6 is 0 Å². The molecule has 5 nitrogen and oxygen atoms in total. The maximum atomic E-state index is 12.5. The quantitative estimate of drug-likeness (QED) is 0.796. The Morgan fingerprint density at radius 3 is 2.73 bits per heavy atom. The maximum Gasteiger partial charge on any atom is 0.230 e. The Labute approximate surface area is 178 Å². The van der Waals surface area contributed by atoms with Crippen LogP contribution in [0.25, 0.3) is 0 Å². The van der Waals surface area contributed by atoms with E-state index in [1.165, 1.54) is 11.1 Å². The minimum atomic E-state index is 0.179. The van der Waals surface area contributed by atoms with Gasteiger partial charge in [0.25, 0.3) is 0 Å². The van der Waals surface area contributed by atoms with Crippen LogP contribution in [0.2, 0.25) is 0 Å². The van der Waals surface area contributed by atoms with Crippen molar-refractivity contribution >= 4 is 11.6 Å². The first-order chi connectivity index (χ1) is 14.6. The number of methoxy groups -OCH3 is 1. The van der Waals surface area contributed by atoms with E-state index in [1.807, 2.05) is 11.9 Å². The fraction of sp³-hybridized carbons (Fsp3) is 0.480. The second kappa shape index (κ2) is 7.71. The average molecular weight is 406 g/mol. The molecule has 0 aromatic heterocycles. The average Bonchev–Trinajstić information content (AvgIpc) is 3.58. The number of nitrogens with zero attached hydrogens (tertiary/aromatic N) is 1. The summed E-state index contributed by atoms with van der Waals surface area (Å²) in [5.41, 5.74) is 4.74. The van der Waals surface area contributed by atoms with Crippen LogP contribution in [0.5, 0.6) is 5.75 Å². The number of nitrogens with one attached hydrogen (secondary N) is 2. The van der Waals surface area contributed by atoms with Crippen LogP contribution in [-0.4, -0.2) is 32.1 Å². The van der Waals surface area contributed by atoms with Crippen molar-refractivity contribution in [1.29, 1.82) is 0 Å². The molecule has 0 spiro atoms. The van der Waals surface area contributed by atoms with Gasteiger partial charge >= 0.3 is 0 Å². The lowest BCUT2D eigenvalue weighted by Crippen LogP contribution is -2.49. The summed E-state index contributed by atoms with van der Waals surface area (Å²) < 4.78 is 5.75. The third-order valence-corrected chi connectivity index (χ3v) is 7.12. The van der Waals surface area contributed by atoms with E-state index in [9.17, 15) is 4.79 Å². The van der Waals surface area contributed by atoms with Gasteiger partial charge in [0.2, 0.25) is 5.91 Å². The molecule has 5 rings (SSSR count). The molecule has 0 radical (unpaired) electrons. The normalized spacial score (nSPS) is 29.9. The molecule has 2 fully saturated rings. The fourth-order valence-corrected chi connectivity index (χ4v) is 5.27. The lowest BCUT2D eigenvalue weighted by atomic mass is 9.89. The molecule has 5 atom stereocenters. The summed E-state index contributed by atoms with van der Waals surface area (Å²) >= 11 is 0. The van der Waals surface area contributed by atoms with Crippen molar-refractivity contribution in [2.45, 2.75) is 56.8 Å². The van der Waals surface area contributed by atoms with Crippen molar-refractivity contribution in [2.75, 3.05) is 19.1 Å². The molecule has 2 aromatic rings. The highest BCUT2D eigenvalue weighted by atomic mass is 16.5. The molecule has 3 aliphatic rings. The Kier molecular flexibility index (Phi) is 5.03. The number of anilines is 1. The number of ether oxygens (including phenoxy) is 1. The number of fused-ring (bicyclic) bond motifs is 3. The SMILES string of the molecule is COc1cc2c(cc1CNC1CCC(C)NC1c1ccccc1)N(C)C(=O)[C@H]1CC21. The molecular formula is C25H31N3O2. The summed E-state index contributed by atoms with van der Waals surface area (Å²) in [4.78, 5) is 14.3. The Morgan fingerprint density at radius 1 is 1.17 bits per heavy atom. The van der Waals surface area contributed by atoms with E-state index in [0.29, 0.717) is 18.0 Å². The zero-order valence-corrected chi connectivity index (χ0v) is 18.0. The number of amides is 1. The zero-order chi connectivity index (χ0) is 20.8. The molecule has 4 unspecified atom stereocenters. The zero-order valence-electron chi connectivity index (χ0n) is 18.0. The van der Waals surface area contributed by atoms with Gasteiger partial charge in [0.15, 0.2) is 0 Å². The van der Waals surface area contributed by atoms with Crippen molar-refractivity contribution in [3.8, 4) is 5.75 Å². The van der Waals surface area contributed by atoms with E-state index < -0.39 is 0 Å². The van der Waals surface area contributed by atoms with Crippen molar-refractivity contribution in [3.05, 3.63) is 59.2 Å². The third kappa shape index (κ3) is 3.40. The maximum absolute atomic E-state index is 12.5. The standard InChI is InChI=1S/C25H31N3O2/c1-15-9-10-21(24(27-15)16-7-5-4-6-8-16)26-14-17-11-22-19(13-23(17)30-3)18-12-20(18)25(29)28(22)2/h4-8,11,13,15,18,20-21,24,26-27H,9-10,12,14H2,1-3H3/t15?,18?,20-,21?,24?/m0/s1. The van der Waals surface area contributed by atoms with Gasteiger partial charge in [-0.15, -0.1) is 0 Å². The summed E-state index contributed by atoms with van der Waals surface area (Å²) in [6, 6.07) is 16.2. The predicted octanol–water partition coefficient (Wildman–Crippen LogP) is 3.75. The molecule has 5 heteroatoms. The van der Waals surface area contributed by atoms with E-state index in [1.54, 1.807) is 7.11 Å². The number of carbonyl (C=O) groups excluding carboxylic acids is 1. The van der Waals surface area contributed by atoms with Crippen LogP contribution in [0.3, 0.4) is 0 Å². The van der Waals surface area contributed by atoms with Crippen LogP contribution in [0.4, 0.5) is 5.69 Å². The van der Waals surface area contributed by atoms with E-state index in [2.05, 4.69) is 60.0 Å². The molecule has 1 aliphatic carbocycles. The molecule has 0 bridgehead atoms. The summed E-state index contributed by atoms with van der Waals surface area (Å²) in [6.45, 7) is 2.98. The minimum absolute atomic E-state index is 0.179. The summed E-state index contributed by atoms with van der Waals surface area (Å²) in [5, 5.41) is 7.57. The molecule has 1 saturated heterocycles. The molecule has 2 heterocycles. The second-order valence-corrected chi connectivity index (χ2v) is 9.09. The molecule has 158 valence electrons. The van der Waals surface area contributed by atoms with E-state index in [-0.39, 0.29) is 17.9 Å². The Hall–Kier alpha value is -2.37. The second-order valence-electron chi connectivity index (χ2n) is 9.09. The van der Waals surface area contributed by atoms with Crippen LogP contribution in [-0.2, 0) is 11.3 Å². The van der Waals surface area contributed by atoms with Gasteiger partial charge in [-0.05, 0) is 55.4 Å². The fourth-order valence-electron chi connectivity index (χ4n) is 5.27. The van der Waals surface area contributed by atoms with E-state index in [0.717, 1.165) is 42.8 Å². The molecule has 2 aromatic carbocycles. The highest BCUT2D eigenvalue weighted by molar-refractivity contribution is 6.01. The molecular weight excluding hydrogens is 374 g/mol. The number of benzene rings is 2. The third-order valence-electron chi connectivity index (χ3n) is 7.12. The summed E-state index contributed by atoms with van der Waals surface area (Å²) in [7, 11) is 3.64. The van der Waals surface area contributed by atoms with Gasteiger partial charge in [0.1, 0.15) is 5.75 Å². The summed E-state index contributed by atoms with van der Waals surface area (Å²) in [5.74, 6) is 1.73. The van der Waals surface area contributed by atoms with Crippen molar-refractivity contribution < 1.29 is 9.53 Å². The first-order valence-electron chi connectivity index (χ1n) is 11.1. The first-order valence-corrected chi connectivity index (χ1v) is 11.1. The van der Waals surface area contributed by atoms with Crippen LogP contribution in [0, 0.1) is 5.92 Å². The number of carbonyl (C=O) groups is 1. The van der Waals surface area contributed by atoms with Crippen molar-refractivity contribution in [2.24, 2.45) is 5.92 Å². The molecule has 2 aliphatic heterocycles. The molecule has 30 heavy (non-hydrogen) atoms. The molecule has 2 N–H and O–H groups in total. The topological polar surface area (TPSA) is 53.6 Å². The van der Waals surface area contributed by atoms with E-state index >= 15 is 0 Å². The molecule has 1 saturated carbocycles. The summed E-state index contributed by atoms with van der Waals surface area (Å²) in [6.07, 6.45) is 3.26. The largest absolute Gasteiger partial charge is 0.496 e. The van der Waals surface area contributed by atoms with E-state index in [4.69, 9.17) is 4.74 Å². The van der Waals surface area contributed by atoms with Gasteiger partial charge in [0, 0.05) is 48.9 Å². The lowest BCUT2D eigenvalue weighted by Gasteiger charge is -2.37. The van der Waals surface area contributed by atoms with Crippen LogP contribution in [0.15, 0.2) is 42.5 Å². The smallest absolute Gasteiger partial charge is 0.230 e. The minimum Gasteiger partial charge on any atom is -0.496 e. The first kappa shape index (κ1) is 19.6. The van der Waals surface area contributed by atoms with Crippen LogP contribution < -0.4 is 20.3 Å². The van der Waals surface area contributed by atoms with Crippen LogP contribution in [0.1, 0.15) is 54.8 Å². The van der Waals surface area contributed by atoms with Gasteiger partial charge in [-0.25, -0.2) is 0 Å². The van der Waals surface area contributed by atoms with Crippen molar-refractivity contribution in [3.63, 3.8) is 0 Å². The van der Waals surface area contributed by atoms with Gasteiger partial charge in [-0.2, -0.15) is 0 Å². The van der Waals surface area contributed by atoms with Gasteiger partial charge < -0.3 is 20.3 Å². The number of hydrogen-bond acceptors (Lipinski definition) is 4. The Balaban J connectivity index is 1.38. The lowest BCUT2D eigenvalue weighted by molar-refractivity contribution is -0.119. The van der Waals surface area contributed by atoms with Gasteiger partial charge in [-0.1, -0.05) is 30.3 Å². The van der Waals surface area contributed by atoms with Crippen molar-refractivity contribution in [1.82, 2.24) is 10.6 Å². The Bertz CT molecular complexity index is 945. The monoisotopic (exact) mass is 405 g/mol. The highest BCUT2D eigenvalue weighted by Gasteiger charge is 2.50. The van der Waals surface area contributed by atoms with Gasteiger partial charge in [0.05, 0.1) is 7.11 Å². The number of piperidine rings is 1. The highest BCUT2D eigenvalue weighted by Crippen LogP contribution is 2.56. The number of rotatable bonds is 5. The Morgan fingerprint density at radius 2 is 1.97 bits per heavy atom. The predicted molar refractivity (Wildman–Crippen MR) is 119 cm³/mol. The molecule has 1 amide bonds. The van der Waals surface area contributed by atoms with Gasteiger partial charge in [-0.3, -0.25) is 4.79 Å². The number of hydrogen-bond donors (Lipinski definition) is 2.